The van der Waals surface area contributed by atoms with E-state index in [1.165, 1.54) is 17.8 Å². The van der Waals surface area contributed by atoms with Gasteiger partial charge in [-0.15, -0.1) is 11.8 Å². The molecule has 1 amide bonds. The SMILES string of the molecule is O=C(NC(Cc1cc(=O)[nH]c2ccccc12)C(=O)CSCc1ccccc1)c1ccc(Cl)cc1. The van der Waals surface area contributed by atoms with Crippen LogP contribution in [-0.2, 0) is 17.0 Å². The number of nitrogens with one attached hydrogen (secondary N) is 2. The zero-order valence-electron chi connectivity index (χ0n) is 18.3. The molecule has 5 nitrogen and oxygen atoms in total. The number of carbonyl (C=O) groups is 2. The molecule has 0 saturated heterocycles. The number of Topliss-reactive ketones (excluding diaryl/α,β-unsaturated/α-hetero) is 1. The van der Waals surface area contributed by atoms with Crippen LogP contribution in [0.1, 0.15) is 21.5 Å². The normalized spacial score (nSPS) is 11.8. The quantitative estimate of drug-likeness (QED) is 0.345. The summed E-state index contributed by atoms with van der Waals surface area (Å²) in [6.07, 6.45) is 0.217. The maximum Gasteiger partial charge on any atom is 0.251 e. The Morgan fingerprint density at radius 1 is 0.941 bits per heavy atom. The van der Waals surface area contributed by atoms with E-state index >= 15 is 0 Å². The molecule has 172 valence electrons. The summed E-state index contributed by atoms with van der Waals surface area (Å²) in [5.41, 5.74) is 2.70. The maximum absolute atomic E-state index is 13.2. The molecular formula is C27H23ClN2O3S. The third kappa shape index (κ3) is 6.16. The Morgan fingerprint density at radius 2 is 1.65 bits per heavy atom. The van der Waals surface area contributed by atoms with Gasteiger partial charge in [-0.25, -0.2) is 0 Å². The third-order valence-electron chi connectivity index (χ3n) is 5.42. The van der Waals surface area contributed by atoms with Crippen molar-refractivity contribution in [1.29, 1.82) is 0 Å². The predicted octanol–water partition coefficient (Wildman–Crippen LogP) is 5.03. The van der Waals surface area contributed by atoms with Gasteiger partial charge >= 0.3 is 0 Å². The van der Waals surface area contributed by atoms with Crippen LogP contribution in [0.15, 0.2) is 89.7 Å². The molecule has 3 aromatic carbocycles. The third-order valence-corrected chi connectivity index (χ3v) is 6.69. The first kappa shape index (κ1) is 23.8. The van der Waals surface area contributed by atoms with E-state index in [1.54, 1.807) is 24.3 Å². The fraction of sp³-hybridized carbons (Fsp3) is 0.148. The van der Waals surface area contributed by atoms with E-state index in [4.69, 9.17) is 11.6 Å². The molecule has 1 atom stereocenters. The molecule has 0 radical (unpaired) electrons. The van der Waals surface area contributed by atoms with Crippen molar-refractivity contribution >= 4 is 46.0 Å². The lowest BCUT2D eigenvalue weighted by Crippen LogP contribution is -2.43. The second kappa shape index (κ2) is 11.2. The van der Waals surface area contributed by atoms with Gasteiger partial charge < -0.3 is 10.3 Å². The van der Waals surface area contributed by atoms with Crippen molar-refractivity contribution in [1.82, 2.24) is 10.3 Å². The number of fused-ring (bicyclic) bond motifs is 1. The van der Waals surface area contributed by atoms with E-state index in [9.17, 15) is 14.4 Å². The number of ketones is 1. The molecule has 0 aliphatic rings. The molecule has 0 spiro atoms. The zero-order valence-corrected chi connectivity index (χ0v) is 19.9. The molecule has 0 bridgehead atoms. The van der Waals surface area contributed by atoms with Gasteiger partial charge in [0.05, 0.1) is 11.8 Å². The highest BCUT2D eigenvalue weighted by molar-refractivity contribution is 7.99. The molecule has 0 aliphatic carbocycles. The van der Waals surface area contributed by atoms with E-state index in [1.807, 2.05) is 54.6 Å². The Hall–Kier alpha value is -3.35. The largest absolute Gasteiger partial charge is 0.342 e. The topological polar surface area (TPSA) is 79.0 Å². The van der Waals surface area contributed by atoms with Crippen LogP contribution in [0, 0.1) is 0 Å². The number of rotatable bonds is 9. The van der Waals surface area contributed by atoms with Gasteiger partial charge in [-0.1, -0.05) is 60.1 Å². The first-order valence-electron chi connectivity index (χ1n) is 10.8. The van der Waals surface area contributed by atoms with Crippen LogP contribution in [0.4, 0.5) is 0 Å². The molecule has 0 saturated carbocycles. The van der Waals surface area contributed by atoms with Gasteiger partial charge in [0.15, 0.2) is 5.78 Å². The number of pyridine rings is 1. The summed E-state index contributed by atoms with van der Waals surface area (Å²) < 4.78 is 0. The summed E-state index contributed by atoms with van der Waals surface area (Å²) in [5.74, 6) is 0.463. The summed E-state index contributed by atoms with van der Waals surface area (Å²) in [7, 11) is 0. The average Bonchev–Trinajstić information content (AvgIpc) is 2.84. The number of aromatic nitrogens is 1. The van der Waals surface area contributed by atoms with Gasteiger partial charge in [0.1, 0.15) is 0 Å². The van der Waals surface area contributed by atoms with Crippen LogP contribution in [0.3, 0.4) is 0 Å². The minimum absolute atomic E-state index is 0.104. The van der Waals surface area contributed by atoms with Crippen LogP contribution in [0.2, 0.25) is 5.02 Å². The second-order valence-electron chi connectivity index (χ2n) is 7.89. The number of carbonyl (C=O) groups excluding carboxylic acids is 2. The lowest BCUT2D eigenvalue weighted by atomic mass is 9.99. The molecule has 0 fully saturated rings. The summed E-state index contributed by atoms with van der Waals surface area (Å²) in [5, 5.41) is 4.25. The highest BCUT2D eigenvalue weighted by Gasteiger charge is 2.23. The van der Waals surface area contributed by atoms with Crippen molar-refractivity contribution < 1.29 is 9.59 Å². The van der Waals surface area contributed by atoms with Gasteiger partial charge in [-0.3, -0.25) is 14.4 Å². The molecule has 34 heavy (non-hydrogen) atoms. The standard InChI is InChI=1S/C27H23ClN2O3S/c28-21-12-10-19(11-13-21)27(33)30-24(25(31)17-34-16-18-6-2-1-3-7-18)14-20-15-26(32)29-23-9-5-4-8-22(20)23/h1-13,15,24H,14,16-17H2,(H,29,32)(H,30,33). The minimum Gasteiger partial charge on any atom is -0.342 e. The Morgan fingerprint density at radius 3 is 2.41 bits per heavy atom. The van der Waals surface area contributed by atoms with E-state index in [0.29, 0.717) is 27.4 Å². The average molecular weight is 491 g/mol. The Bertz CT molecular complexity index is 1350. The number of halogens is 1. The minimum atomic E-state index is -0.781. The highest BCUT2D eigenvalue weighted by Crippen LogP contribution is 2.19. The van der Waals surface area contributed by atoms with Gasteiger partial charge in [-0.05, 0) is 41.5 Å². The fourth-order valence-electron chi connectivity index (χ4n) is 3.70. The van der Waals surface area contributed by atoms with Crippen molar-refractivity contribution in [3.8, 4) is 0 Å². The Labute approximate surface area is 206 Å². The molecule has 1 unspecified atom stereocenters. The molecule has 1 heterocycles. The maximum atomic E-state index is 13.2. The van der Waals surface area contributed by atoms with E-state index < -0.39 is 6.04 Å². The number of para-hydroxylation sites is 1. The molecular weight excluding hydrogens is 468 g/mol. The van der Waals surface area contributed by atoms with Crippen LogP contribution in [0.25, 0.3) is 10.9 Å². The molecule has 0 aliphatic heterocycles. The van der Waals surface area contributed by atoms with Crippen molar-refractivity contribution in [3.05, 3.63) is 117 Å². The number of thioether (sulfide) groups is 1. The van der Waals surface area contributed by atoms with Crippen LogP contribution >= 0.6 is 23.4 Å². The summed E-state index contributed by atoms with van der Waals surface area (Å²) in [4.78, 5) is 41.2. The van der Waals surface area contributed by atoms with Crippen molar-refractivity contribution in [2.45, 2.75) is 18.2 Å². The van der Waals surface area contributed by atoms with Crippen molar-refractivity contribution in [2.24, 2.45) is 0 Å². The van der Waals surface area contributed by atoms with Crippen molar-refractivity contribution in [3.63, 3.8) is 0 Å². The monoisotopic (exact) mass is 490 g/mol. The molecule has 2 N–H and O–H groups in total. The van der Waals surface area contributed by atoms with E-state index in [2.05, 4.69) is 10.3 Å². The Kier molecular flexibility index (Phi) is 7.83. The molecule has 1 aromatic heterocycles. The van der Waals surface area contributed by atoms with E-state index in [-0.39, 0.29) is 29.4 Å². The summed E-state index contributed by atoms with van der Waals surface area (Å²) in [6, 6.07) is 24.6. The number of H-pyrrole nitrogens is 1. The Balaban J connectivity index is 1.55. The number of amides is 1. The number of hydrogen-bond acceptors (Lipinski definition) is 4. The number of aromatic amines is 1. The lowest BCUT2D eigenvalue weighted by molar-refractivity contribution is -0.118. The zero-order chi connectivity index (χ0) is 23.9. The predicted molar refractivity (Wildman–Crippen MR) is 139 cm³/mol. The van der Waals surface area contributed by atoms with Gasteiger partial charge in [0.2, 0.25) is 5.56 Å². The van der Waals surface area contributed by atoms with Crippen LogP contribution in [0.5, 0.6) is 0 Å². The number of hydrogen-bond donors (Lipinski definition) is 2. The summed E-state index contributed by atoms with van der Waals surface area (Å²) in [6.45, 7) is 0. The van der Waals surface area contributed by atoms with Gasteiger partial charge in [0, 0.05) is 39.7 Å². The lowest BCUT2D eigenvalue weighted by Gasteiger charge is -2.19. The summed E-state index contributed by atoms with van der Waals surface area (Å²) >= 11 is 7.44. The number of benzene rings is 3. The first-order valence-corrected chi connectivity index (χ1v) is 12.3. The molecule has 7 heteroatoms. The second-order valence-corrected chi connectivity index (χ2v) is 9.31. The van der Waals surface area contributed by atoms with Crippen molar-refractivity contribution in [2.75, 3.05) is 5.75 Å². The fourth-order valence-corrected chi connectivity index (χ4v) is 4.76. The van der Waals surface area contributed by atoms with Gasteiger partial charge in [-0.2, -0.15) is 0 Å². The smallest absolute Gasteiger partial charge is 0.251 e. The van der Waals surface area contributed by atoms with Gasteiger partial charge in [0.25, 0.3) is 5.91 Å². The first-order chi connectivity index (χ1) is 16.5. The van der Waals surface area contributed by atoms with Crippen LogP contribution in [-0.4, -0.2) is 28.5 Å². The van der Waals surface area contributed by atoms with Crippen LogP contribution < -0.4 is 10.9 Å². The highest BCUT2D eigenvalue weighted by atomic mass is 35.5. The van der Waals surface area contributed by atoms with E-state index in [0.717, 1.165) is 10.9 Å². The molecule has 4 rings (SSSR count). The molecule has 4 aromatic rings.